The summed E-state index contributed by atoms with van der Waals surface area (Å²) in [6.07, 6.45) is 6.85. The monoisotopic (exact) mass is 310 g/mol. The Morgan fingerprint density at radius 2 is 1.73 bits per heavy atom. The molecule has 128 valence electrons. The zero-order valence-corrected chi connectivity index (χ0v) is 14.6. The number of hydrogen-bond donors (Lipinski definition) is 2. The van der Waals surface area contributed by atoms with Gasteiger partial charge in [0.15, 0.2) is 0 Å². The van der Waals surface area contributed by atoms with Gasteiger partial charge >= 0.3 is 0 Å². The van der Waals surface area contributed by atoms with Gasteiger partial charge in [-0.3, -0.25) is 4.79 Å². The fourth-order valence-corrected chi connectivity index (χ4v) is 3.88. The summed E-state index contributed by atoms with van der Waals surface area (Å²) >= 11 is 0. The highest BCUT2D eigenvalue weighted by molar-refractivity contribution is 5.81. The molecule has 1 aliphatic heterocycles. The first-order valence-corrected chi connectivity index (χ1v) is 8.99. The van der Waals surface area contributed by atoms with Crippen molar-refractivity contribution in [3.05, 3.63) is 0 Å². The van der Waals surface area contributed by atoms with Gasteiger partial charge in [0.1, 0.15) is 0 Å². The Kier molecular flexibility index (Phi) is 6.27. The molecule has 0 aromatic heterocycles. The van der Waals surface area contributed by atoms with Crippen LogP contribution in [0.15, 0.2) is 0 Å². The third kappa shape index (κ3) is 4.95. The smallest absolute Gasteiger partial charge is 0.237 e. The zero-order chi connectivity index (χ0) is 16.2. The Bertz CT molecular complexity index is 351. The van der Waals surface area contributed by atoms with Crippen LogP contribution >= 0.6 is 0 Å². The molecule has 0 bridgehead atoms. The van der Waals surface area contributed by atoms with Crippen LogP contribution in [0, 0.1) is 23.2 Å². The molecule has 0 radical (unpaired) electrons. The van der Waals surface area contributed by atoms with Gasteiger partial charge in [-0.05, 0) is 61.7 Å². The predicted molar refractivity (Wildman–Crippen MR) is 89.4 cm³/mol. The van der Waals surface area contributed by atoms with Crippen LogP contribution in [0.4, 0.5) is 0 Å². The van der Waals surface area contributed by atoms with E-state index in [-0.39, 0.29) is 17.9 Å². The maximum Gasteiger partial charge on any atom is 0.237 e. The van der Waals surface area contributed by atoms with Crippen LogP contribution < -0.4 is 11.1 Å². The van der Waals surface area contributed by atoms with E-state index in [9.17, 15) is 4.79 Å². The summed E-state index contributed by atoms with van der Waals surface area (Å²) in [4.78, 5) is 12.2. The summed E-state index contributed by atoms with van der Waals surface area (Å²) < 4.78 is 5.33. The van der Waals surface area contributed by atoms with Crippen LogP contribution in [0.2, 0.25) is 0 Å². The number of carbonyl (C=O) groups is 1. The molecule has 1 unspecified atom stereocenters. The minimum absolute atomic E-state index is 0.0323. The molecule has 0 aromatic carbocycles. The number of carbonyl (C=O) groups excluding carboxylic acids is 1. The highest BCUT2D eigenvalue weighted by atomic mass is 16.5. The number of hydrogen-bond acceptors (Lipinski definition) is 3. The number of amides is 1. The van der Waals surface area contributed by atoms with Crippen molar-refractivity contribution in [2.24, 2.45) is 28.9 Å². The van der Waals surface area contributed by atoms with Gasteiger partial charge in [-0.25, -0.2) is 0 Å². The second-order valence-corrected chi connectivity index (χ2v) is 8.30. The van der Waals surface area contributed by atoms with E-state index in [2.05, 4.69) is 26.1 Å². The van der Waals surface area contributed by atoms with Crippen molar-refractivity contribution in [3.63, 3.8) is 0 Å². The Morgan fingerprint density at radius 1 is 1.14 bits per heavy atom. The Balaban J connectivity index is 1.68. The maximum atomic E-state index is 12.2. The van der Waals surface area contributed by atoms with Gasteiger partial charge in [0.25, 0.3) is 0 Å². The van der Waals surface area contributed by atoms with Crippen molar-refractivity contribution in [3.8, 4) is 0 Å². The Morgan fingerprint density at radius 3 is 2.27 bits per heavy atom. The summed E-state index contributed by atoms with van der Waals surface area (Å²) in [5.74, 6) is 1.77. The summed E-state index contributed by atoms with van der Waals surface area (Å²) in [6, 6.07) is -0.366. The van der Waals surface area contributed by atoms with Crippen LogP contribution in [-0.4, -0.2) is 31.7 Å². The quantitative estimate of drug-likeness (QED) is 0.839. The van der Waals surface area contributed by atoms with E-state index in [0.717, 1.165) is 38.5 Å². The van der Waals surface area contributed by atoms with Crippen molar-refractivity contribution in [1.82, 2.24) is 5.32 Å². The summed E-state index contributed by atoms with van der Waals surface area (Å²) in [6.45, 7) is 9.30. The lowest BCUT2D eigenvalue weighted by Crippen LogP contribution is -2.48. The first-order valence-electron chi connectivity index (χ1n) is 8.99. The molecule has 22 heavy (non-hydrogen) atoms. The molecule has 2 rings (SSSR count). The van der Waals surface area contributed by atoms with E-state index >= 15 is 0 Å². The molecule has 4 nitrogen and oxygen atoms in total. The summed E-state index contributed by atoms with van der Waals surface area (Å²) in [5, 5.41) is 3.10. The second kappa shape index (κ2) is 7.78. The number of ether oxygens (including phenoxy) is 1. The lowest BCUT2D eigenvalue weighted by atomic mass is 9.70. The van der Waals surface area contributed by atoms with Gasteiger partial charge in [0.05, 0.1) is 6.04 Å². The second-order valence-electron chi connectivity index (χ2n) is 8.30. The maximum absolute atomic E-state index is 12.2. The van der Waals surface area contributed by atoms with Crippen molar-refractivity contribution in [1.29, 1.82) is 0 Å². The topological polar surface area (TPSA) is 64.4 Å². The van der Waals surface area contributed by atoms with Gasteiger partial charge in [-0.15, -0.1) is 0 Å². The average Bonchev–Trinajstić information content (AvgIpc) is 2.52. The fourth-order valence-electron chi connectivity index (χ4n) is 3.88. The van der Waals surface area contributed by atoms with E-state index in [1.54, 1.807) is 0 Å². The van der Waals surface area contributed by atoms with E-state index in [0.29, 0.717) is 11.3 Å². The molecule has 3 N–H and O–H groups in total. The van der Waals surface area contributed by atoms with E-state index in [4.69, 9.17) is 10.5 Å². The van der Waals surface area contributed by atoms with Crippen molar-refractivity contribution in [2.45, 2.75) is 65.3 Å². The molecular weight excluding hydrogens is 276 g/mol. The molecule has 2 fully saturated rings. The first kappa shape index (κ1) is 17.7. The van der Waals surface area contributed by atoms with Crippen LogP contribution in [0.3, 0.4) is 0 Å². The third-order valence-electron chi connectivity index (χ3n) is 5.71. The van der Waals surface area contributed by atoms with Crippen LogP contribution in [0.1, 0.15) is 59.3 Å². The Hall–Kier alpha value is -0.610. The molecule has 1 amide bonds. The van der Waals surface area contributed by atoms with Crippen LogP contribution in [-0.2, 0) is 9.53 Å². The molecule has 0 spiro atoms. The van der Waals surface area contributed by atoms with Gasteiger partial charge in [-0.1, -0.05) is 20.8 Å². The first-order chi connectivity index (χ1) is 10.4. The lowest BCUT2D eigenvalue weighted by molar-refractivity contribution is -0.124. The zero-order valence-electron chi connectivity index (χ0n) is 14.6. The highest BCUT2D eigenvalue weighted by Gasteiger charge is 2.31. The van der Waals surface area contributed by atoms with Crippen molar-refractivity contribution >= 4 is 5.91 Å². The molecule has 1 saturated heterocycles. The molecule has 4 heteroatoms. The van der Waals surface area contributed by atoms with Crippen LogP contribution in [0.5, 0.6) is 0 Å². The van der Waals surface area contributed by atoms with Crippen molar-refractivity contribution in [2.75, 3.05) is 19.8 Å². The van der Waals surface area contributed by atoms with E-state index < -0.39 is 0 Å². The van der Waals surface area contributed by atoms with E-state index in [1.807, 2.05) is 0 Å². The largest absolute Gasteiger partial charge is 0.381 e. The molecule has 1 aliphatic carbocycles. The normalized spacial score (nSPS) is 29.1. The summed E-state index contributed by atoms with van der Waals surface area (Å²) in [5.41, 5.74) is 6.54. The molecule has 0 aromatic rings. The van der Waals surface area contributed by atoms with Gasteiger partial charge in [-0.2, -0.15) is 0 Å². The standard InChI is InChI=1S/C18H34N2O2/c1-18(2,3)15-6-4-13(5-7-15)12-20-17(21)16(19)14-8-10-22-11-9-14/h13-16H,4-12,19H2,1-3H3,(H,20,21). The van der Waals surface area contributed by atoms with Gasteiger partial charge < -0.3 is 15.8 Å². The number of nitrogens with two attached hydrogens (primary N) is 1. The molecule has 1 saturated carbocycles. The van der Waals surface area contributed by atoms with Crippen LogP contribution in [0.25, 0.3) is 0 Å². The fraction of sp³-hybridized carbons (Fsp3) is 0.944. The SMILES string of the molecule is CC(C)(C)C1CCC(CNC(=O)C(N)C2CCOCC2)CC1. The highest BCUT2D eigenvalue weighted by Crippen LogP contribution is 2.39. The number of nitrogens with one attached hydrogen (secondary N) is 1. The lowest BCUT2D eigenvalue weighted by Gasteiger charge is -2.37. The number of rotatable bonds is 4. The third-order valence-corrected chi connectivity index (χ3v) is 5.71. The average molecular weight is 310 g/mol. The minimum Gasteiger partial charge on any atom is -0.381 e. The van der Waals surface area contributed by atoms with Gasteiger partial charge in [0.2, 0.25) is 5.91 Å². The summed E-state index contributed by atoms with van der Waals surface area (Å²) in [7, 11) is 0. The Labute approximate surface area is 135 Å². The molecule has 2 aliphatic rings. The molecule has 1 heterocycles. The van der Waals surface area contributed by atoms with Gasteiger partial charge in [0, 0.05) is 19.8 Å². The van der Waals surface area contributed by atoms with Crippen molar-refractivity contribution < 1.29 is 9.53 Å². The van der Waals surface area contributed by atoms with E-state index in [1.165, 1.54) is 25.7 Å². The molecule has 1 atom stereocenters. The molecular formula is C18H34N2O2. The predicted octanol–water partition coefficient (Wildman–Crippen LogP) is 2.71. The minimum atomic E-state index is -0.366.